The fourth-order valence-corrected chi connectivity index (χ4v) is 5.08. The molecule has 0 atom stereocenters. The van der Waals surface area contributed by atoms with Gasteiger partial charge in [0.25, 0.3) is 0 Å². The smallest absolute Gasteiger partial charge is 0.0702 e. The highest BCUT2D eigenvalue weighted by Crippen LogP contribution is 2.34. The van der Waals surface area contributed by atoms with E-state index in [1.165, 1.54) is 11.1 Å². The Labute approximate surface area is 220 Å². The number of nitrogens with zero attached hydrogens (tertiary/aromatic N) is 3. The number of hydrogen-bond donors (Lipinski definition) is 0. The van der Waals surface area contributed by atoms with E-state index >= 15 is 0 Å². The molecule has 0 saturated heterocycles. The third kappa shape index (κ3) is 6.77. The first-order chi connectivity index (χ1) is 18.2. The summed E-state index contributed by atoms with van der Waals surface area (Å²) in [4.78, 5) is 14.1. The van der Waals surface area contributed by atoms with Gasteiger partial charge in [-0.2, -0.15) is 0 Å². The number of benzene rings is 2. The van der Waals surface area contributed by atoms with E-state index in [-0.39, 0.29) is 5.41 Å². The summed E-state index contributed by atoms with van der Waals surface area (Å²) in [6, 6.07) is 35.7. The van der Waals surface area contributed by atoms with Crippen molar-refractivity contribution in [2.75, 3.05) is 0 Å². The van der Waals surface area contributed by atoms with Crippen molar-refractivity contribution in [3.63, 3.8) is 0 Å². The van der Waals surface area contributed by atoms with Crippen LogP contribution in [0.1, 0.15) is 36.6 Å². The van der Waals surface area contributed by atoms with Gasteiger partial charge in [-0.05, 0) is 72.9 Å². The summed E-state index contributed by atoms with van der Waals surface area (Å²) in [5, 5.41) is 0. The lowest BCUT2D eigenvalue weighted by Crippen LogP contribution is -2.23. The zero-order chi connectivity index (χ0) is 25.3. The van der Waals surface area contributed by atoms with Crippen molar-refractivity contribution < 1.29 is 0 Å². The molecule has 0 aliphatic heterocycles. The third-order valence-electron chi connectivity index (χ3n) is 6.99. The Bertz CT molecular complexity index is 1280. The molecule has 0 fully saturated rings. The Morgan fingerprint density at radius 1 is 0.568 bits per heavy atom. The maximum atomic E-state index is 4.79. The van der Waals surface area contributed by atoms with Gasteiger partial charge in [-0.1, -0.05) is 85.8 Å². The standard InChI is InChI=1S/C34H33N3/c1-34(21-10-16-31-15-8-9-22-35-31,23-27-17-19-32(36-25-27)29-11-4-2-5-12-29)24-28-18-20-33(37-26-28)30-13-6-3-7-14-30/h2-9,11-15,17-20,22,25-26H,10,16,21,23-24H2,1H3. The zero-order valence-corrected chi connectivity index (χ0v) is 21.4. The van der Waals surface area contributed by atoms with Crippen LogP contribution in [-0.2, 0) is 19.3 Å². The summed E-state index contributed by atoms with van der Waals surface area (Å²) in [5.74, 6) is 0. The van der Waals surface area contributed by atoms with Gasteiger partial charge in [0.1, 0.15) is 0 Å². The quantitative estimate of drug-likeness (QED) is 0.202. The van der Waals surface area contributed by atoms with Gasteiger partial charge in [0.15, 0.2) is 0 Å². The van der Waals surface area contributed by atoms with Crippen molar-refractivity contribution in [3.05, 3.63) is 139 Å². The molecule has 3 heterocycles. The van der Waals surface area contributed by atoms with E-state index < -0.39 is 0 Å². The van der Waals surface area contributed by atoms with Crippen LogP contribution in [-0.4, -0.2) is 15.0 Å². The first kappa shape index (κ1) is 24.6. The van der Waals surface area contributed by atoms with E-state index in [1.807, 2.05) is 24.4 Å². The van der Waals surface area contributed by atoms with Crippen molar-refractivity contribution in [3.8, 4) is 22.5 Å². The molecule has 3 aromatic heterocycles. The van der Waals surface area contributed by atoms with Crippen LogP contribution in [0.15, 0.2) is 122 Å². The first-order valence-electron chi connectivity index (χ1n) is 13.1. The van der Waals surface area contributed by atoms with Crippen LogP contribution >= 0.6 is 0 Å². The molecule has 0 N–H and O–H groups in total. The molecule has 0 bridgehead atoms. The SMILES string of the molecule is CC(CCCc1ccccn1)(Cc1ccc(-c2ccccc2)nc1)Cc1ccc(-c2ccccc2)nc1. The minimum Gasteiger partial charge on any atom is -0.261 e. The summed E-state index contributed by atoms with van der Waals surface area (Å²) in [7, 11) is 0. The van der Waals surface area contributed by atoms with E-state index in [0.717, 1.165) is 60.3 Å². The second kappa shape index (κ2) is 11.7. The molecular weight excluding hydrogens is 450 g/mol. The number of pyridine rings is 3. The largest absolute Gasteiger partial charge is 0.261 e. The molecule has 3 nitrogen and oxygen atoms in total. The molecule has 0 aliphatic rings. The van der Waals surface area contributed by atoms with Crippen LogP contribution in [0, 0.1) is 5.41 Å². The predicted octanol–water partition coefficient (Wildman–Crippen LogP) is 8.02. The fraction of sp³-hybridized carbons (Fsp3) is 0.206. The third-order valence-corrected chi connectivity index (χ3v) is 6.99. The summed E-state index contributed by atoms with van der Waals surface area (Å²) in [6.45, 7) is 2.40. The van der Waals surface area contributed by atoms with E-state index in [9.17, 15) is 0 Å². The Balaban J connectivity index is 1.32. The highest BCUT2D eigenvalue weighted by molar-refractivity contribution is 5.59. The lowest BCUT2D eigenvalue weighted by molar-refractivity contribution is 0.283. The number of hydrogen-bond acceptors (Lipinski definition) is 3. The Kier molecular flexibility index (Phi) is 7.81. The summed E-state index contributed by atoms with van der Waals surface area (Å²) < 4.78 is 0. The molecule has 0 saturated carbocycles. The molecule has 5 rings (SSSR count). The molecule has 184 valence electrons. The van der Waals surface area contributed by atoms with Gasteiger partial charge in [0.05, 0.1) is 11.4 Å². The van der Waals surface area contributed by atoms with E-state index in [4.69, 9.17) is 9.97 Å². The summed E-state index contributed by atoms with van der Waals surface area (Å²) in [5.41, 5.74) is 8.12. The van der Waals surface area contributed by atoms with Crippen molar-refractivity contribution in [1.29, 1.82) is 0 Å². The zero-order valence-electron chi connectivity index (χ0n) is 21.4. The van der Waals surface area contributed by atoms with Gasteiger partial charge < -0.3 is 0 Å². The van der Waals surface area contributed by atoms with Crippen molar-refractivity contribution in [2.45, 2.75) is 39.0 Å². The second-order valence-electron chi connectivity index (χ2n) is 10.2. The van der Waals surface area contributed by atoms with E-state index in [1.54, 1.807) is 0 Å². The van der Waals surface area contributed by atoms with Crippen LogP contribution in [0.5, 0.6) is 0 Å². The van der Waals surface area contributed by atoms with Crippen LogP contribution < -0.4 is 0 Å². The van der Waals surface area contributed by atoms with Gasteiger partial charge in [0.2, 0.25) is 0 Å². The Morgan fingerprint density at radius 2 is 1.11 bits per heavy atom. The van der Waals surface area contributed by atoms with Crippen LogP contribution in [0.4, 0.5) is 0 Å². The van der Waals surface area contributed by atoms with Gasteiger partial charge in [0, 0.05) is 35.4 Å². The summed E-state index contributed by atoms with van der Waals surface area (Å²) >= 11 is 0. The molecule has 0 spiro atoms. The van der Waals surface area contributed by atoms with Gasteiger partial charge in [-0.15, -0.1) is 0 Å². The highest BCUT2D eigenvalue weighted by Gasteiger charge is 2.25. The molecule has 2 aromatic carbocycles. The average molecular weight is 484 g/mol. The van der Waals surface area contributed by atoms with Gasteiger partial charge >= 0.3 is 0 Å². The minimum absolute atomic E-state index is 0.0840. The Morgan fingerprint density at radius 3 is 1.57 bits per heavy atom. The number of rotatable bonds is 10. The molecule has 0 unspecified atom stereocenters. The maximum absolute atomic E-state index is 4.79. The normalized spacial score (nSPS) is 11.4. The highest BCUT2D eigenvalue weighted by atomic mass is 14.7. The van der Waals surface area contributed by atoms with Gasteiger partial charge in [-0.3, -0.25) is 15.0 Å². The maximum Gasteiger partial charge on any atom is 0.0702 e. The predicted molar refractivity (Wildman–Crippen MR) is 152 cm³/mol. The second-order valence-corrected chi connectivity index (χ2v) is 10.2. The molecule has 0 amide bonds. The average Bonchev–Trinajstić information content (AvgIpc) is 2.95. The van der Waals surface area contributed by atoms with Crippen molar-refractivity contribution >= 4 is 0 Å². The minimum atomic E-state index is 0.0840. The number of aromatic nitrogens is 3. The first-order valence-corrected chi connectivity index (χ1v) is 13.1. The van der Waals surface area contributed by atoms with Crippen molar-refractivity contribution in [2.24, 2.45) is 5.41 Å². The molecule has 0 aliphatic carbocycles. The van der Waals surface area contributed by atoms with Gasteiger partial charge in [-0.25, -0.2) is 0 Å². The van der Waals surface area contributed by atoms with Crippen molar-refractivity contribution in [1.82, 2.24) is 15.0 Å². The topological polar surface area (TPSA) is 38.7 Å². The molecule has 3 heteroatoms. The molecule has 37 heavy (non-hydrogen) atoms. The lowest BCUT2D eigenvalue weighted by atomic mass is 9.75. The number of aryl methyl sites for hydroxylation is 1. The summed E-state index contributed by atoms with van der Waals surface area (Å²) in [6.07, 6.45) is 11.1. The Hall–Kier alpha value is -4.11. The monoisotopic (exact) mass is 483 g/mol. The molecule has 5 aromatic rings. The van der Waals surface area contributed by atoms with E-state index in [0.29, 0.717) is 0 Å². The van der Waals surface area contributed by atoms with Crippen LogP contribution in [0.3, 0.4) is 0 Å². The molecular formula is C34H33N3. The molecule has 0 radical (unpaired) electrons. The van der Waals surface area contributed by atoms with E-state index in [2.05, 4.69) is 109 Å². The van der Waals surface area contributed by atoms with Crippen LogP contribution in [0.2, 0.25) is 0 Å². The van der Waals surface area contributed by atoms with Crippen LogP contribution in [0.25, 0.3) is 22.5 Å². The fourth-order valence-electron chi connectivity index (χ4n) is 5.08. The lowest BCUT2D eigenvalue weighted by Gasteiger charge is -2.30.